The summed E-state index contributed by atoms with van der Waals surface area (Å²) >= 11 is 0. The highest BCUT2D eigenvalue weighted by Gasteiger charge is 2.11. The van der Waals surface area contributed by atoms with Gasteiger partial charge < -0.3 is 20.1 Å². The number of carbonyl (C=O) groups is 1. The van der Waals surface area contributed by atoms with Crippen LogP contribution in [-0.2, 0) is 6.42 Å². The molecule has 5 nitrogen and oxygen atoms in total. The summed E-state index contributed by atoms with van der Waals surface area (Å²) in [4.78, 5) is 11.8. The Balaban J connectivity index is 1.49. The Morgan fingerprint density at radius 2 is 1.87 bits per heavy atom. The van der Waals surface area contributed by atoms with E-state index in [9.17, 15) is 9.18 Å². The topological polar surface area (TPSA) is 59.6 Å². The number of anilines is 1. The summed E-state index contributed by atoms with van der Waals surface area (Å²) in [6.45, 7) is 1.53. The fraction of sp³-hybridized carbons (Fsp3) is 0.235. The van der Waals surface area contributed by atoms with Crippen LogP contribution in [0, 0.1) is 5.82 Å². The lowest BCUT2D eigenvalue weighted by molar-refractivity contribution is 0.171. The molecule has 0 atom stereocenters. The number of amides is 2. The summed E-state index contributed by atoms with van der Waals surface area (Å²) in [7, 11) is 0. The molecule has 1 aliphatic heterocycles. The molecule has 2 aromatic rings. The van der Waals surface area contributed by atoms with Crippen LogP contribution in [0.1, 0.15) is 5.56 Å². The van der Waals surface area contributed by atoms with Crippen LogP contribution >= 0.6 is 0 Å². The van der Waals surface area contributed by atoms with Crippen molar-refractivity contribution in [1.82, 2.24) is 5.32 Å². The largest absolute Gasteiger partial charge is 0.486 e. The van der Waals surface area contributed by atoms with E-state index in [1.165, 1.54) is 12.1 Å². The fourth-order valence-electron chi connectivity index (χ4n) is 2.29. The van der Waals surface area contributed by atoms with E-state index in [2.05, 4.69) is 10.6 Å². The Kier molecular flexibility index (Phi) is 4.61. The van der Waals surface area contributed by atoms with Crippen molar-refractivity contribution in [3.05, 3.63) is 53.8 Å². The third-order valence-corrected chi connectivity index (χ3v) is 3.43. The van der Waals surface area contributed by atoms with Crippen LogP contribution in [0.3, 0.4) is 0 Å². The van der Waals surface area contributed by atoms with Crippen LogP contribution in [0.25, 0.3) is 0 Å². The first-order valence-corrected chi connectivity index (χ1v) is 7.40. The summed E-state index contributed by atoms with van der Waals surface area (Å²) in [6, 6.07) is 11.3. The van der Waals surface area contributed by atoms with Crippen LogP contribution < -0.4 is 20.1 Å². The highest BCUT2D eigenvalue weighted by atomic mass is 19.1. The summed E-state index contributed by atoms with van der Waals surface area (Å²) in [5, 5.41) is 5.17. The Labute approximate surface area is 133 Å². The molecule has 0 bridgehead atoms. The van der Waals surface area contributed by atoms with Crippen LogP contribution in [0.5, 0.6) is 11.5 Å². The number of ether oxygens (including phenoxy) is 2. The summed E-state index contributed by atoms with van der Waals surface area (Å²) in [5.41, 5.74) is 1.18. The third kappa shape index (κ3) is 3.91. The van der Waals surface area contributed by atoms with Gasteiger partial charge in [-0.3, -0.25) is 0 Å². The van der Waals surface area contributed by atoms with Gasteiger partial charge in [-0.15, -0.1) is 0 Å². The summed E-state index contributed by atoms with van der Waals surface area (Å²) in [6.07, 6.45) is 0.640. The average molecular weight is 316 g/mol. The van der Waals surface area contributed by atoms with Crippen LogP contribution in [0.2, 0.25) is 0 Å². The Bertz CT molecular complexity index is 706. The van der Waals surface area contributed by atoms with Gasteiger partial charge in [-0.25, -0.2) is 9.18 Å². The fourth-order valence-corrected chi connectivity index (χ4v) is 2.29. The molecule has 0 fully saturated rings. The maximum atomic E-state index is 13.4. The monoisotopic (exact) mass is 316 g/mol. The van der Waals surface area contributed by atoms with Crippen molar-refractivity contribution in [2.75, 3.05) is 25.1 Å². The van der Waals surface area contributed by atoms with E-state index in [-0.39, 0.29) is 5.69 Å². The number of rotatable bonds is 4. The molecule has 0 aliphatic carbocycles. The lowest BCUT2D eigenvalue weighted by Crippen LogP contribution is -2.30. The highest BCUT2D eigenvalue weighted by molar-refractivity contribution is 5.89. The molecule has 2 N–H and O–H groups in total. The Morgan fingerprint density at radius 3 is 2.70 bits per heavy atom. The van der Waals surface area contributed by atoms with Gasteiger partial charge in [0.1, 0.15) is 19.0 Å². The van der Waals surface area contributed by atoms with Gasteiger partial charge in [0.15, 0.2) is 11.5 Å². The van der Waals surface area contributed by atoms with E-state index < -0.39 is 11.8 Å². The maximum Gasteiger partial charge on any atom is 0.319 e. The lowest BCUT2D eigenvalue weighted by Gasteiger charge is -2.18. The third-order valence-electron chi connectivity index (χ3n) is 3.43. The molecule has 0 spiro atoms. The van der Waals surface area contributed by atoms with E-state index in [4.69, 9.17) is 9.47 Å². The van der Waals surface area contributed by atoms with E-state index in [1.807, 2.05) is 18.2 Å². The summed E-state index contributed by atoms with van der Waals surface area (Å²) in [5.74, 6) is 1.00. The highest BCUT2D eigenvalue weighted by Crippen LogP contribution is 2.30. The van der Waals surface area contributed by atoms with Gasteiger partial charge in [0.05, 0.1) is 5.69 Å². The second-order valence-electron chi connectivity index (χ2n) is 5.09. The van der Waals surface area contributed by atoms with Crippen molar-refractivity contribution in [2.24, 2.45) is 0 Å². The lowest BCUT2D eigenvalue weighted by atomic mass is 10.1. The van der Waals surface area contributed by atoms with Gasteiger partial charge >= 0.3 is 6.03 Å². The molecule has 0 unspecified atom stereocenters. The van der Waals surface area contributed by atoms with Gasteiger partial charge in [-0.05, 0) is 36.2 Å². The summed E-state index contributed by atoms with van der Waals surface area (Å²) < 4.78 is 24.4. The zero-order chi connectivity index (χ0) is 16.1. The van der Waals surface area contributed by atoms with Crippen molar-refractivity contribution in [3.8, 4) is 11.5 Å². The predicted octanol–water partition coefficient (Wildman–Crippen LogP) is 2.96. The smallest absolute Gasteiger partial charge is 0.319 e. The van der Waals surface area contributed by atoms with Gasteiger partial charge in [0.25, 0.3) is 0 Å². The van der Waals surface area contributed by atoms with Crippen molar-refractivity contribution in [3.63, 3.8) is 0 Å². The molecular formula is C17H17FN2O3. The quantitative estimate of drug-likeness (QED) is 0.912. The first kappa shape index (κ1) is 15.1. The first-order valence-electron chi connectivity index (χ1n) is 7.40. The average Bonchev–Trinajstić information content (AvgIpc) is 2.57. The van der Waals surface area contributed by atoms with E-state index >= 15 is 0 Å². The first-order chi connectivity index (χ1) is 11.2. The number of hydrogen-bond donors (Lipinski definition) is 2. The minimum Gasteiger partial charge on any atom is -0.486 e. The number of hydrogen-bond acceptors (Lipinski definition) is 3. The number of carbonyl (C=O) groups excluding carboxylic acids is 1. The number of para-hydroxylation sites is 1. The molecule has 0 saturated heterocycles. The molecule has 1 aliphatic rings. The second-order valence-corrected chi connectivity index (χ2v) is 5.09. The van der Waals surface area contributed by atoms with Crippen LogP contribution in [0.15, 0.2) is 42.5 Å². The Morgan fingerprint density at radius 1 is 1.09 bits per heavy atom. The number of fused-ring (bicyclic) bond motifs is 1. The number of halogens is 1. The zero-order valence-corrected chi connectivity index (χ0v) is 12.5. The molecule has 120 valence electrons. The molecule has 0 saturated carbocycles. The number of nitrogens with one attached hydrogen (secondary N) is 2. The molecular weight excluding hydrogens is 299 g/mol. The standard InChI is InChI=1S/C17H17FN2O3/c18-13-3-1-2-4-14(13)20-17(21)19-8-7-12-5-6-15-16(11-12)23-10-9-22-15/h1-6,11H,7-10H2,(H2,19,20,21). The minimum absolute atomic E-state index is 0.157. The van der Waals surface area contributed by atoms with Gasteiger partial charge in [-0.2, -0.15) is 0 Å². The molecule has 23 heavy (non-hydrogen) atoms. The van der Waals surface area contributed by atoms with Gasteiger partial charge in [0, 0.05) is 6.54 Å². The zero-order valence-electron chi connectivity index (χ0n) is 12.5. The molecule has 3 rings (SSSR count). The molecule has 2 aromatic carbocycles. The molecule has 1 heterocycles. The number of urea groups is 1. The number of benzene rings is 2. The molecule has 2 amide bonds. The van der Waals surface area contributed by atoms with E-state index in [1.54, 1.807) is 12.1 Å². The van der Waals surface area contributed by atoms with E-state index in [0.29, 0.717) is 26.2 Å². The minimum atomic E-state index is -0.463. The molecule has 0 radical (unpaired) electrons. The van der Waals surface area contributed by atoms with Gasteiger partial charge in [0.2, 0.25) is 0 Å². The molecule has 6 heteroatoms. The normalized spacial score (nSPS) is 12.6. The van der Waals surface area contributed by atoms with Crippen LogP contribution in [-0.4, -0.2) is 25.8 Å². The van der Waals surface area contributed by atoms with Crippen molar-refractivity contribution in [2.45, 2.75) is 6.42 Å². The van der Waals surface area contributed by atoms with Crippen molar-refractivity contribution < 1.29 is 18.7 Å². The van der Waals surface area contributed by atoms with E-state index in [0.717, 1.165) is 17.1 Å². The van der Waals surface area contributed by atoms with Crippen molar-refractivity contribution in [1.29, 1.82) is 0 Å². The SMILES string of the molecule is O=C(NCCc1ccc2c(c1)OCCO2)Nc1ccccc1F. The molecule has 0 aromatic heterocycles. The Hall–Kier alpha value is -2.76. The van der Waals surface area contributed by atoms with Gasteiger partial charge in [-0.1, -0.05) is 18.2 Å². The van der Waals surface area contributed by atoms with Crippen molar-refractivity contribution >= 4 is 11.7 Å². The second kappa shape index (κ2) is 7.00. The predicted molar refractivity (Wildman–Crippen MR) is 84.6 cm³/mol. The maximum absolute atomic E-state index is 13.4. The van der Waals surface area contributed by atoms with Crippen LogP contribution in [0.4, 0.5) is 14.9 Å².